The second-order valence-corrected chi connectivity index (χ2v) is 4.43. The lowest BCUT2D eigenvalue weighted by atomic mass is 9.97. The zero-order valence-electron chi connectivity index (χ0n) is 12.2. The molecule has 0 saturated heterocycles. The predicted octanol–water partition coefficient (Wildman–Crippen LogP) is 3.27. The van der Waals surface area contributed by atoms with Gasteiger partial charge in [0.05, 0.1) is 26.9 Å². The molecular formula is C16H19NO3. The molecule has 2 aromatic rings. The van der Waals surface area contributed by atoms with E-state index in [-0.39, 0.29) is 0 Å². The van der Waals surface area contributed by atoms with Gasteiger partial charge in [-0.3, -0.25) is 0 Å². The van der Waals surface area contributed by atoms with Crippen molar-refractivity contribution in [1.29, 1.82) is 0 Å². The Morgan fingerprint density at radius 3 is 2.00 bits per heavy atom. The van der Waals surface area contributed by atoms with Gasteiger partial charge in [-0.2, -0.15) is 0 Å². The van der Waals surface area contributed by atoms with Gasteiger partial charge in [-0.1, -0.05) is 12.1 Å². The highest BCUT2D eigenvalue weighted by Crippen LogP contribution is 2.43. The number of nitrogen functional groups attached to an aromatic ring is 1. The van der Waals surface area contributed by atoms with Gasteiger partial charge in [0.2, 0.25) is 0 Å². The fourth-order valence-electron chi connectivity index (χ4n) is 2.20. The minimum Gasteiger partial charge on any atom is -0.496 e. The molecule has 0 fully saturated rings. The van der Waals surface area contributed by atoms with E-state index in [0.29, 0.717) is 17.2 Å². The van der Waals surface area contributed by atoms with Crippen LogP contribution in [0.25, 0.3) is 11.1 Å². The summed E-state index contributed by atoms with van der Waals surface area (Å²) in [6.07, 6.45) is 0. The maximum Gasteiger partial charge on any atom is 0.134 e. The molecule has 4 nitrogen and oxygen atoms in total. The van der Waals surface area contributed by atoms with E-state index >= 15 is 0 Å². The smallest absolute Gasteiger partial charge is 0.134 e. The maximum atomic E-state index is 5.99. The van der Waals surface area contributed by atoms with Crippen LogP contribution in [0.5, 0.6) is 17.2 Å². The summed E-state index contributed by atoms with van der Waals surface area (Å²) in [6, 6.07) is 9.46. The van der Waals surface area contributed by atoms with Crippen LogP contribution in [0.1, 0.15) is 5.56 Å². The van der Waals surface area contributed by atoms with Crippen LogP contribution in [0, 0.1) is 6.92 Å². The third-order valence-corrected chi connectivity index (χ3v) is 3.36. The minimum atomic E-state index is 0.684. The minimum absolute atomic E-state index is 0.684. The summed E-state index contributed by atoms with van der Waals surface area (Å²) in [5.74, 6) is 2.06. The Labute approximate surface area is 119 Å². The number of ether oxygens (including phenoxy) is 3. The molecule has 0 aliphatic heterocycles. The van der Waals surface area contributed by atoms with Gasteiger partial charge in [0.1, 0.15) is 17.2 Å². The van der Waals surface area contributed by atoms with Gasteiger partial charge < -0.3 is 19.9 Å². The van der Waals surface area contributed by atoms with Crippen molar-refractivity contribution in [2.45, 2.75) is 6.92 Å². The third kappa shape index (κ3) is 2.37. The Bertz CT molecular complexity index is 598. The molecule has 0 bridgehead atoms. The zero-order valence-corrected chi connectivity index (χ0v) is 12.2. The molecular weight excluding hydrogens is 254 g/mol. The van der Waals surface area contributed by atoms with E-state index in [2.05, 4.69) is 0 Å². The van der Waals surface area contributed by atoms with Gasteiger partial charge >= 0.3 is 0 Å². The van der Waals surface area contributed by atoms with Crippen LogP contribution in [0.15, 0.2) is 30.3 Å². The molecule has 0 saturated carbocycles. The Morgan fingerprint density at radius 1 is 0.900 bits per heavy atom. The fraction of sp³-hybridized carbons (Fsp3) is 0.250. The van der Waals surface area contributed by atoms with Gasteiger partial charge in [-0.05, 0) is 24.1 Å². The molecule has 0 unspecified atom stereocenters. The van der Waals surface area contributed by atoms with E-state index in [1.165, 1.54) is 0 Å². The summed E-state index contributed by atoms with van der Waals surface area (Å²) in [6.45, 7) is 1.98. The van der Waals surface area contributed by atoms with Gasteiger partial charge in [-0.25, -0.2) is 0 Å². The number of benzene rings is 2. The van der Waals surface area contributed by atoms with Crippen molar-refractivity contribution < 1.29 is 14.2 Å². The SMILES string of the molecule is COc1cc(OC)c(-c2cccc(N)c2C)c(OC)c1. The quantitative estimate of drug-likeness (QED) is 0.869. The molecule has 0 aliphatic rings. The second kappa shape index (κ2) is 5.74. The second-order valence-electron chi connectivity index (χ2n) is 4.43. The summed E-state index contributed by atoms with van der Waals surface area (Å²) in [4.78, 5) is 0. The highest BCUT2D eigenvalue weighted by molar-refractivity contribution is 5.82. The van der Waals surface area contributed by atoms with Crippen LogP contribution in [0.3, 0.4) is 0 Å². The predicted molar refractivity (Wildman–Crippen MR) is 80.7 cm³/mol. The van der Waals surface area contributed by atoms with Crippen molar-refractivity contribution >= 4 is 5.69 Å². The molecule has 0 aromatic heterocycles. The first-order chi connectivity index (χ1) is 9.62. The number of anilines is 1. The molecule has 2 N–H and O–H groups in total. The normalized spacial score (nSPS) is 10.2. The lowest BCUT2D eigenvalue weighted by Crippen LogP contribution is -1.98. The van der Waals surface area contributed by atoms with Gasteiger partial charge in [0.25, 0.3) is 0 Å². The van der Waals surface area contributed by atoms with Crippen molar-refractivity contribution in [1.82, 2.24) is 0 Å². The molecule has 4 heteroatoms. The Balaban J connectivity index is 2.74. The Morgan fingerprint density at radius 2 is 1.50 bits per heavy atom. The van der Waals surface area contributed by atoms with E-state index in [0.717, 1.165) is 22.4 Å². The number of hydrogen-bond donors (Lipinski definition) is 1. The molecule has 0 amide bonds. The molecule has 20 heavy (non-hydrogen) atoms. The van der Waals surface area contributed by atoms with Crippen molar-refractivity contribution in [3.05, 3.63) is 35.9 Å². The zero-order chi connectivity index (χ0) is 14.7. The first-order valence-corrected chi connectivity index (χ1v) is 6.27. The molecule has 0 radical (unpaired) electrons. The number of nitrogens with two attached hydrogens (primary N) is 1. The molecule has 2 aromatic carbocycles. The number of methoxy groups -OCH3 is 3. The third-order valence-electron chi connectivity index (χ3n) is 3.36. The molecule has 2 rings (SSSR count). The fourth-order valence-corrected chi connectivity index (χ4v) is 2.20. The topological polar surface area (TPSA) is 53.7 Å². The Kier molecular flexibility index (Phi) is 4.03. The van der Waals surface area contributed by atoms with Crippen molar-refractivity contribution in [3.63, 3.8) is 0 Å². The van der Waals surface area contributed by atoms with E-state index in [9.17, 15) is 0 Å². The average Bonchev–Trinajstić information content (AvgIpc) is 2.48. The van der Waals surface area contributed by atoms with E-state index in [1.54, 1.807) is 21.3 Å². The van der Waals surface area contributed by atoms with E-state index < -0.39 is 0 Å². The standard InChI is InChI=1S/C16H19NO3/c1-10-12(6-5-7-13(10)17)16-14(19-3)8-11(18-2)9-15(16)20-4/h5-9H,17H2,1-4H3. The summed E-state index contributed by atoms with van der Waals surface area (Å²) >= 11 is 0. The Hall–Kier alpha value is -2.36. The molecule has 0 aliphatic carbocycles. The van der Waals surface area contributed by atoms with Gasteiger partial charge in [0.15, 0.2) is 0 Å². The largest absolute Gasteiger partial charge is 0.496 e. The van der Waals surface area contributed by atoms with Crippen LogP contribution in [0.2, 0.25) is 0 Å². The van der Waals surface area contributed by atoms with Crippen LogP contribution < -0.4 is 19.9 Å². The van der Waals surface area contributed by atoms with Crippen molar-refractivity contribution in [3.8, 4) is 28.4 Å². The maximum absolute atomic E-state index is 5.99. The van der Waals surface area contributed by atoms with Crippen LogP contribution in [-0.2, 0) is 0 Å². The van der Waals surface area contributed by atoms with Gasteiger partial charge in [-0.15, -0.1) is 0 Å². The van der Waals surface area contributed by atoms with Crippen LogP contribution in [-0.4, -0.2) is 21.3 Å². The van der Waals surface area contributed by atoms with Gasteiger partial charge in [0, 0.05) is 17.8 Å². The highest BCUT2D eigenvalue weighted by atomic mass is 16.5. The summed E-state index contributed by atoms with van der Waals surface area (Å²) in [5.41, 5.74) is 9.59. The molecule has 0 heterocycles. The molecule has 0 atom stereocenters. The average molecular weight is 273 g/mol. The summed E-state index contributed by atoms with van der Waals surface area (Å²) < 4.78 is 16.2. The van der Waals surface area contributed by atoms with Crippen LogP contribution in [0.4, 0.5) is 5.69 Å². The summed E-state index contributed by atoms with van der Waals surface area (Å²) in [7, 11) is 4.86. The molecule has 0 spiro atoms. The first-order valence-electron chi connectivity index (χ1n) is 6.27. The molecule has 106 valence electrons. The first kappa shape index (κ1) is 14.1. The highest BCUT2D eigenvalue weighted by Gasteiger charge is 2.17. The lowest BCUT2D eigenvalue weighted by Gasteiger charge is -2.17. The van der Waals surface area contributed by atoms with Crippen molar-refractivity contribution in [2.24, 2.45) is 0 Å². The van der Waals surface area contributed by atoms with Crippen molar-refractivity contribution in [2.75, 3.05) is 27.1 Å². The van der Waals surface area contributed by atoms with Crippen LogP contribution >= 0.6 is 0 Å². The number of rotatable bonds is 4. The van der Waals surface area contributed by atoms with E-state index in [4.69, 9.17) is 19.9 Å². The summed E-state index contributed by atoms with van der Waals surface area (Å²) in [5, 5.41) is 0. The lowest BCUT2D eigenvalue weighted by molar-refractivity contribution is 0.377. The van der Waals surface area contributed by atoms with E-state index in [1.807, 2.05) is 37.3 Å². The monoisotopic (exact) mass is 273 g/mol. The number of hydrogen-bond acceptors (Lipinski definition) is 4.